The summed E-state index contributed by atoms with van der Waals surface area (Å²) in [5, 5.41) is 4.91. The molecule has 4 aromatic carbocycles. The topological polar surface area (TPSA) is 17.8 Å². The maximum atomic E-state index is 5.28. The monoisotopic (exact) mass is 720 g/mol. The van der Waals surface area contributed by atoms with E-state index in [1.54, 1.807) is 11.3 Å². The number of benzene rings is 4. The Hall–Kier alpha value is -3.04. The maximum Gasteiger partial charge on any atom is 0.0774 e. The minimum Gasteiger partial charge on any atom is -0.333 e. The molecule has 0 aliphatic carbocycles. The van der Waals surface area contributed by atoms with Gasteiger partial charge in [-0.25, -0.2) is 0 Å². The Morgan fingerprint density at radius 3 is 2.15 bits per heavy atom. The molecule has 0 aliphatic heterocycles. The van der Waals surface area contributed by atoms with E-state index >= 15 is 0 Å². The van der Waals surface area contributed by atoms with Gasteiger partial charge >= 0.3 is 0 Å². The molecule has 0 spiro atoms. The average Bonchev–Trinajstić information content (AvgIpc) is 3.54. The van der Waals surface area contributed by atoms with Gasteiger partial charge in [0.25, 0.3) is 0 Å². The molecule has 0 atom stereocenters. The molecular formula is C36H35IrN2S-. The molecule has 0 aliphatic rings. The summed E-state index contributed by atoms with van der Waals surface area (Å²) >= 11 is 1.69. The first kappa shape index (κ1) is 28.5. The van der Waals surface area contributed by atoms with E-state index in [4.69, 9.17) is 4.98 Å². The van der Waals surface area contributed by atoms with E-state index in [1.807, 2.05) is 0 Å². The minimum atomic E-state index is 0. The molecule has 0 unspecified atom stereocenters. The van der Waals surface area contributed by atoms with Gasteiger partial charge in [0.15, 0.2) is 0 Å². The second-order valence-electron chi connectivity index (χ2n) is 11.1. The Morgan fingerprint density at radius 1 is 0.800 bits per heavy atom. The van der Waals surface area contributed by atoms with Crippen LogP contribution in [0, 0.1) is 5.38 Å². The van der Waals surface area contributed by atoms with E-state index in [1.165, 1.54) is 43.6 Å². The van der Waals surface area contributed by atoms with Crippen molar-refractivity contribution in [2.24, 2.45) is 0 Å². The molecule has 6 aromatic rings. The summed E-state index contributed by atoms with van der Waals surface area (Å²) in [6.07, 6.45) is 2.22. The number of aryl methyl sites for hydroxylation is 1. The summed E-state index contributed by atoms with van der Waals surface area (Å²) in [6.45, 7) is 11.5. The van der Waals surface area contributed by atoms with Crippen LogP contribution in [0.15, 0.2) is 84.9 Å². The van der Waals surface area contributed by atoms with E-state index in [0.29, 0.717) is 11.8 Å². The second kappa shape index (κ2) is 11.8. The number of hydrogen-bond donors (Lipinski definition) is 0. The van der Waals surface area contributed by atoms with Gasteiger partial charge in [0.1, 0.15) is 0 Å². The third-order valence-corrected chi connectivity index (χ3v) is 8.53. The molecule has 2 aromatic heterocycles. The summed E-state index contributed by atoms with van der Waals surface area (Å²) < 4.78 is 3.69. The molecule has 40 heavy (non-hydrogen) atoms. The van der Waals surface area contributed by atoms with Crippen LogP contribution in [0.25, 0.3) is 49.3 Å². The van der Waals surface area contributed by atoms with Crippen molar-refractivity contribution in [2.45, 2.75) is 59.3 Å². The number of aromatic nitrogens is 2. The standard InChI is InChI=1S/C36H35N2S.Ir/c1-6-12-25-17-18-34-30(19-25)31(22-39-34)36-37-32-15-10-11-16-33(32)38(36)35-28(23(2)3)20-27(21-29(35)24(4)5)26-13-8-7-9-14-26;/h7-11,13-21,23-24H,6,12H2,1-5H3;/q-1;. The van der Waals surface area contributed by atoms with Crippen LogP contribution < -0.4 is 0 Å². The Labute approximate surface area is 255 Å². The minimum absolute atomic E-state index is 0. The molecule has 6 rings (SSSR count). The van der Waals surface area contributed by atoms with Crippen LogP contribution in [0.3, 0.4) is 0 Å². The van der Waals surface area contributed by atoms with Crippen LogP contribution >= 0.6 is 11.3 Å². The summed E-state index contributed by atoms with van der Waals surface area (Å²) in [5.74, 6) is 1.66. The summed E-state index contributed by atoms with van der Waals surface area (Å²) in [4.78, 5) is 5.28. The average molecular weight is 720 g/mol. The predicted molar refractivity (Wildman–Crippen MR) is 168 cm³/mol. The van der Waals surface area contributed by atoms with Gasteiger partial charge in [0.05, 0.1) is 16.9 Å². The first-order chi connectivity index (χ1) is 19.0. The van der Waals surface area contributed by atoms with Crippen molar-refractivity contribution < 1.29 is 20.1 Å². The first-order valence-corrected chi connectivity index (χ1v) is 14.9. The molecule has 0 saturated carbocycles. The number of fused-ring (bicyclic) bond motifs is 2. The van der Waals surface area contributed by atoms with E-state index in [2.05, 4.69) is 129 Å². The SMILES string of the molecule is CCCc1ccc2s[c-]c(-c3nc4ccccc4n3-c3c(C(C)C)cc(-c4ccccc4)cc3C(C)C)c2c1.[Ir]. The van der Waals surface area contributed by atoms with Crippen molar-refractivity contribution in [1.82, 2.24) is 9.55 Å². The first-order valence-electron chi connectivity index (χ1n) is 14.1. The molecule has 205 valence electrons. The zero-order chi connectivity index (χ0) is 27.1. The van der Waals surface area contributed by atoms with Crippen LogP contribution in [0.5, 0.6) is 0 Å². The number of hydrogen-bond acceptors (Lipinski definition) is 2. The summed E-state index contributed by atoms with van der Waals surface area (Å²) in [6, 6.07) is 31.0. The smallest absolute Gasteiger partial charge is 0.0774 e. The summed E-state index contributed by atoms with van der Waals surface area (Å²) in [5.41, 5.74) is 11.1. The van der Waals surface area contributed by atoms with Gasteiger partial charge in [0.2, 0.25) is 0 Å². The van der Waals surface area contributed by atoms with Gasteiger partial charge < -0.3 is 4.57 Å². The molecule has 0 fully saturated rings. The van der Waals surface area contributed by atoms with Gasteiger partial charge in [-0.3, -0.25) is 16.3 Å². The molecule has 2 nitrogen and oxygen atoms in total. The van der Waals surface area contributed by atoms with Crippen molar-refractivity contribution >= 4 is 32.5 Å². The van der Waals surface area contributed by atoms with Crippen molar-refractivity contribution in [1.29, 1.82) is 0 Å². The van der Waals surface area contributed by atoms with Crippen LogP contribution in [-0.2, 0) is 26.5 Å². The third kappa shape index (κ3) is 5.09. The van der Waals surface area contributed by atoms with E-state index in [-0.39, 0.29) is 20.1 Å². The third-order valence-electron chi connectivity index (χ3n) is 7.64. The van der Waals surface area contributed by atoms with Crippen molar-refractivity contribution in [3.8, 4) is 28.2 Å². The fourth-order valence-corrected chi connectivity index (χ4v) is 6.49. The van der Waals surface area contributed by atoms with E-state index < -0.39 is 0 Å². The van der Waals surface area contributed by atoms with Crippen molar-refractivity contribution in [3.05, 3.63) is 107 Å². The zero-order valence-electron chi connectivity index (χ0n) is 23.8. The molecule has 0 saturated heterocycles. The predicted octanol–water partition coefficient (Wildman–Crippen LogP) is 10.6. The molecule has 4 heteroatoms. The van der Waals surface area contributed by atoms with Crippen LogP contribution in [0.2, 0.25) is 0 Å². The quantitative estimate of drug-likeness (QED) is 0.150. The Morgan fingerprint density at radius 2 is 1.48 bits per heavy atom. The van der Waals surface area contributed by atoms with Crippen molar-refractivity contribution in [3.63, 3.8) is 0 Å². The van der Waals surface area contributed by atoms with Crippen LogP contribution in [-0.4, -0.2) is 9.55 Å². The fourth-order valence-electron chi connectivity index (χ4n) is 5.67. The maximum absolute atomic E-state index is 5.28. The molecule has 0 N–H and O–H groups in total. The normalized spacial score (nSPS) is 11.6. The van der Waals surface area contributed by atoms with Gasteiger partial charge in [-0.05, 0) is 64.8 Å². The second-order valence-corrected chi connectivity index (χ2v) is 11.9. The zero-order valence-corrected chi connectivity index (χ0v) is 27.0. The van der Waals surface area contributed by atoms with Crippen LogP contribution in [0.4, 0.5) is 0 Å². The molecule has 0 amide bonds. The number of imidazole rings is 1. The van der Waals surface area contributed by atoms with Gasteiger partial charge in [-0.1, -0.05) is 117 Å². The summed E-state index contributed by atoms with van der Waals surface area (Å²) in [7, 11) is 0. The van der Waals surface area contributed by atoms with Gasteiger partial charge in [-0.2, -0.15) is 0 Å². The molecule has 0 bridgehead atoms. The Balaban J connectivity index is 0.00000323. The van der Waals surface area contributed by atoms with E-state index in [9.17, 15) is 0 Å². The Kier molecular flexibility index (Phi) is 8.42. The number of thiophene rings is 1. The fraction of sp³-hybridized carbons (Fsp3) is 0.250. The van der Waals surface area contributed by atoms with Crippen molar-refractivity contribution in [2.75, 3.05) is 0 Å². The number of nitrogens with zero attached hydrogens (tertiary/aromatic N) is 2. The van der Waals surface area contributed by atoms with E-state index in [0.717, 1.165) is 35.3 Å². The van der Waals surface area contributed by atoms with Gasteiger partial charge in [0, 0.05) is 25.8 Å². The largest absolute Gasteiger partial charge is 0.333 e. The molecule has 2 heterocycles. The molecule has 1 radical (unpaired) electrons. The number of rotatable bonds is 7. The Bertz CT molecular complexity index is 1750. The number of para-hydroxylation sites is 2. The van der Waals surface area contributed by atoms with Crippen LogP contribution in [0.1, 0.15) is 69.6 Å². The van der Waals surface area contributed by atoms with Gasteiger partial charge in [-0.15, -0.1) is 11.5 Å². The molecular weight excluding hydrogens is 685 g/mol.